The fourth-order valence-electron chi connectivity index (χ4n) is 8.03. The van der Waals surface area contributed by atoms with Crippen molar-refractivity contribution in [2.24, 2.45) is 0 Å². The zero-order valence-corrected chi connectivity index (χ0v) is 29.7. The van der Waals surface area contributed by atoms with Crippen LogP contribution in [-0.4, -0.2) is 4.57 Å². The number of benzene rings is 9. The zero-order valence-electron chi connectivity index (χ0n) is 29.7. The Morgan fingerprint density at radius 1 is 0.315 bits per heavy atom. The number of aromatic nitrogens is 1. The fraction of sp³-hybridized carbons (Fsp3) is 0. The summed E-state index contributed by atoms with van der Waals surface area (Å²) in [5, 5.41) is 4.95. The van der Waals surface area contributed by atoms with Crippen molar-refractivity contribution in [3.8, 4) is 39.1 Å². The maximum absolute atomic E-state index is 2.41. The van der Waals surface area contributed by atoms with Crippen LogP contribution in [0.2, 0.25) is 0 Å². The van der Waals surface area contributed by atoms with Crippen LogP contribution >= 0.6 is 0 Å². The van der Waals surface area contributed by atoms with Crippen molar-refractivity contribution in [1.82, 2.24) is 4.57 Å². The molecule has 0 spiro atoms. The molecule has 0 amide bonds. The normalized spacial score (nSPS) is 11.3. The lowest BCUT2D eigenvalue weighted by atomic mass is 9.98. The maximum atomic E-state index is 2.41. The lowest BCUT2D eigenvalue weighted by molar-refractivity contribution is 1.18. The lowest BCUT2D eigenvalue weighted by Crippen LogP contribution is -2.10. The Morgan fingerprint density at radius 3 is 1.44 bits per heavy atom. The first-order valence-corrected chi connectivity index (χ1v) is 18.5. The van der Waals surface area contributed by atoms with Crippen LogP contribution in [-0.2, 0) is 0 Å². The third-order valence-corrected chi connectivity index (χ3v) is 10.6. The molecule has 0 aliphatic heterocycles. The van der Waals surface area contributed by atoms with Crippen molar-refractivity contribution in [3.63, 3.8) is 0 Å². The van der Waals surface area contributed by atoms with Crippen molar-refractivity contribution in [2.75, 3.05) is 4.90 Å². The Hall–Kier alpha value is -7.16. The molecule has 10 aromatic rings. The van der Waals surface area contributed by atoms with E-state index in [4.69, 9.17) is 0 Å². The number of fused-ring (bicyclic) bond motifs is 4. The summed E-state index contributed by atoms with van der Waals surface area (Å²) in [5.41, 5.74) is 14.1. The van der Waals surface area contributed by atoms with E-state index in [2.05, 4.69) is 228 Å². The van der Waals surface area contributed by atoms with E-state index in [0.717, 1.165) is 22.7 Å². The van der Waals surface area contributed by atoms with Crippen LogP contribution in [0.25, 0.3) is 71.6 Å². The molecule has 9 aromatic carbocycles. The highest BCUT2D eigenvalue weighted by molar-refractivity contribution is 6.16. The molecule has 2 heteroatoms. The van der Waals surface area contributed by atoms with E-state index in [0.29, 0.717) is 0 Å². The molecule has 1 aromatic heterocycles. The summed E-state index contributed by atoms with van der Waals surface area (Å²) < 4.78 is 2.41. The number of rotatable bonds is 7. The third kappa shape index (κ3) is 5.53. The summed E-state index contributed by atoms with van der Waals surface area (Å²) in [6.45, 7) is 0. The van der Waals surface area contributed by atoms with Crippen molar-refractivity contribution in [2.45, 2.75) is 0 Å². The summed E-state index contributed by atoms with van der Waals surface area (Å²) in [4.78, 5) is 2.41. The first-order chi connectivity index (χ1) is 26.8. The van der Waals surface area contributed by atoms with Gasteiger partial charge >= 0.3 is 0 Å². The third-order valence-electron chi connectivity index (χ3n) is 10.6. The number of nitrogens with zero attached hydrogens (tertiary/aromatic N) is 2. The van der Waals surface area contributed by atoms with Gasteiger partial charge in [0.1, 0.15) is 0 Å². The van der Waals surface area contributed by atoms with Gasteiger partial charge in [0.15, 0.2) is 0 Å². The summed E-state index contributed by atoms with van der Waals surface area (Å²) >= 11 is 0. The maximum Gasteiger partial charge on any atom is 0.0562 e. The highest BCUT2D eigenvalue weighted by atomic mass is 15.1. The van der Waals surface area contributed by atoms with E-state index in [-0.39, 0.29) is 0 Å². The average molecular weight is 689 g/mol. The van der Waals surface area contributed by atoms with Gasteiger partial charge in [-0.15, -0.1) is 0 Å². The van der Waals surface area contributed by atoms with E-state index in [1.54, 1.807) is 0 Å². The predicted molar refractivity (Wildman–Crippen MR) is 229 cm³/mol. The molecule has 0 unspecified atom stereocenters. The molecule has 10 rings (SSSR count). The van der Waals surface area contributed by atoms with Crippen LogP contribution in [0.15, 0.2) is 218 Å². The van der Waals surface area contributed by atoms with E-state index in [9.17, 15) is 0 Å². The van der Waals surface area contributed by atoms with Crippen LogP contribution in [0.4, 0.5) is 17.1 Å². The van der Waals surface area contributed by atoms with Gasteiger partial charge in [-0.1, -0.05) is 164 Å². The standard InChI is InChI=1S/C52H36N2/c1-3-13-37(14-4-1)39-25-31-43(32-26-39)53(44-33-27-40(28-34-44)38-15-5-2-6-16-38)50-23-12-24-51-52(50)48-20-9-10-22-49(48)54(51)45-35-29-42(30-36-45)47-21-11-18-41-17-7-8-19-46(41)47/h1-36H. The van der Waals surface area contributed by atoms with E-state index in [1.807, 2.05) is 0 Å². The molecule has 0 fully saturated rings. The van der Waals surface area contributed by atoms with Crippen molar-refractivity contribution in [1.29, 1.82) is 0 Å². The molecule has 1 heterocycles. The van der Waals surface area contributed by atoms with Gasteiger partial charge < -0.3 is 9.47 Å². The molecule has 0 N–H and O–H groups in total. The van der Waals surface area contributed by atoms with Gasteiger partial charge in [0.2, 0.25) is 0 Å². The minimum atomic E-state index is 1.10. The molecule has 0 saturated heterocycles. The van der Waals surface area contributed by atoms with Gasteiger partial charge in [-0.05, 0) is 98.8 Å². The second kappa shape index (κ2) is 13.4. The second-order valence-electron chi connectivity index (χ2n) is 13.8. The minimum Gasteiger partial charge on any atom is -0.310 e. The molecule has 0 atom stereocenters. The molecule has 0 saturated carbocycles. The minimum absolute atomic E-state index is 1.10. The molecular weight excluding hydrogens is 653 g/mol. The highest BCUT2D eigenvalue weighted by Gasteiger charge is 2.21. The first-order valence-electron chi connectivity index (χ1n) is 18.5. The summed E-state index contributed by atoms with van der Waals surface area (Å²) in [6.07, 6.45) is 0. The zero-order chi connectivity index (χ0) is 35.8. The fourth-order valence-corrected chi connectivity index (χ4v) is 8.03. The van der Waals surface area contributed by atoms with E-state index in [1.165, 1.54) is 66.0 Å². The predicted octanol–water partition coefficient (Wildman–Crippen LogP) is 14.4. The van der Waals surface area contributed by atoms with Gasteiger partial charge in [0.25, 0.3) is 0 Å². The van der Waals surface area contributed by atoms with Gasteiger partial charge in [0, 0.05) is 27.8 Å². The number of para-hydroxylation sites is 1. The molecule has 0 aliphatic rings. The van der Waals surface area contributed by atoms with Crippen LogP contribution in [0.5, 0.6) is 0 Å². The molecule has 2 nitrogen and oxygen atoms in total. The van der Waals surface area contributed by atoms with Crippen molar-refractivity contribution < 1.29 is 0 Å². The quantitative estimate of drug-likeness (QED) is 0.162. The van der Waals surface area contributed by atoms with Crippen molar-refractivity contribution >= 4 is 49.6 Å². The summed E-state index contributed by atoms with van der Waals surface area (Å²) in [5.74, 6) is 0. The number of anilines is 3. The first kappa shape index (κ1) is 31.6. The summed E-state index contributed by atoms with van der Waals surface area (Å²) in [7, 11) is 0. The van der Waals surface area contributed by atoms with Gasteiger partial charge in [-0.2, -0.15) is 0 Å². The Morgan fingerprint density at radius 2 is 0.796 bits per heavy atom. The van der Waals surface area contributed by atoms with E-state index >= 15 is 0 Å². The van der Waals surface area contributed by atoms with Gasteiger partial charge in [-0.25, -0.2) is 0 Å². The molecule has 0 radical (unpaired) electrons. The molecule has 54 heavy (non-hydrogen) atoms. The van der Waals surface area contributed by atoms with Crippen LogP contribution < -0.4 is 4.90 Å². The smallest absolute Gasteiger partial charge is 0.0562 e. The highest BCUT2D eigenvalue weighted by Crippen LogP contribution is 2.44. The monoisotopic (exact) mass is 688 g/mol. The van der Waals surface area contributed by atoms with Crippen LogP contribution in [0.1, 0.15) is 0 Å². The van der Waals surface area contributed by atoms with Gasteiger partial charge in [0.05, 0.1) is 16.7 Å². The molecule has 254 valence electrons. The Balaban J connectivity index is 1.14. The molecule has 0 aliphatic carbocycles. The Kier molecular flexibility index (Phi) is 7.85. The summed E-state index contributed by atoms with van der Waals surface area (Å²) in [6, 6.07) is 78.8. The second-order valence-corrected chi connectivity index (χ2v) is 13.8. The lowest BCUT2D eigenvalue weighted by Gasteiger charge is -2.27. The molecule has 0 bridgehead atoms. The number of hydrogen-bond donors (Lipinski definition) is 0. The average Bonchev–Trinajstić information content (AvgIpc) is 3.60. The molecular formula is C52H36N2. The SMILES string of the molecule is c1ccc(-c2ccc(N(c3ccc(-c4ccccc4)cc3)c3cccc4c3c3ccccc3n4-c3ccc(-c4cccc5ccccc45)cc3)cc2)cc1. The Bertz CT molecular complexity index is 2800. The largest absolute Gasteiger partial charge is 0.310 e. The number of hydrogen-bond acceptors (Lipinski definition) is 1. The van der Waals surface area contributed by atoms with E-state index < -0.39 is 0 Å². The van der Waals surface area contributed by atoms with Crippen molar-refractivity contribution in [3.05, 3.63) is 218 Å². The van der Waals surface area contributed by atoms with Crippen LogP contribution in [0, 0.1) is 0 Å². The topological polar surface area (TPSA) is 8.17 Å². The Labute approximate surface area is 315 Å². The van der Waals surface area contributed by atoms with Gasteiger partial charge in [-0.3, -0.25) is 0 Å². The van der Waals surface area contributed by atoms with Crippen LogP contribution in [0.3, 0.4) is 0 Å².